The van der Waals surface area contributed by atoms with Gasteiger partial charge in [-0.3, -0.25) is 0 Å². The number of rotatable bonds is 6. The third kappa shape index (κ3) is 5.60. The molecule has 0 aliphatic rings. The van der Waals surface area contributed by atoms with Crippen LogP contribution in [0.5, 0.6) is 0 Å². The molecule has 0 radical (unpaired) electrons. The van der Waals surface area contributed by atoms with Crippen LogP contribution < -0.4 is 5.73 Å². The molecule has 96 valence electrons. The molecule has 2 N–H and O–H groups in total. The van der Waals surface area contributed by atoms with Crippen molar-refractivity contribution in [3.63, 3.8) is 0 Å². The van der Waals surface area contributed by atoms with E-state index in [1.165, 1.54) is 11.1 Å². The summed E-state index contributed by atoms with van der Waals surface area (Å²) < 4.78 is 0. The van der Waals surface area contributed by atoms with Gasteiger partial charge in [-0.1, -0.05) is 52.0 Å². The summed E-state index contributed by atoms with van der Waals surface area (Å²) in [5.41, 5.74) is 8.89. The van der Waals surface area contributed by atoms with Crippen molar-refractivity contribution in [3.05, 3.63) is 35.4 Å². The first-order valence-corrected chi connectivity index (χ1v) is 7.50. The van der Waals surface area contributed by atoms with E-state index in [4.69, 9.17) is 5.73 Å². The highest BCUT2D eigenvalue weighted by Gasteiger charge is 2.06. The van der Waals surface area contributed by atoms with Gasteiger partial charge < -0.3 is 5.73 Å². The van der Waals surface area contributed by atoms with Crippen LogP contribution in [0.4, 0.5) is 0 Å². The number of hydrogen-bond acceptors (Lipinski definition) is 2. The zero-order valence-electron chi connectivity index (χ0n) is 11.4. The Morgan fingerprint density at radius 1 is 1.06 bits per heavy atom. The fourth-order valence-corrected chi connectivity index (χ4v) is 2.47. The lowest BCUT2D eigenvalue weighted by molar-refractivity contribution is 0.746. The first kappa shape index (κ1) is 14.6. The van der Waals surface area contributed by atoms with Gasteiger partial charge in [0.25, 0.3) is 0 Å². The van der Waals surface area contributed by atoms with Crippen molar-refractivity contribution < 1.29 is 0 Å². The van der Waals surface area contributed by atoms with Gasteiger partial charge in [-0.2, -0.15) is 11.8 Å². The summed E-state index contributed by atoms with van der Waals surface area (Å²) in [6.07, 6.45) is 0.984. The van der Waals surface area contributed by atoms with E-state index in [9.17, 15) is 0 Å². The molecule has 1 nitrogen and oxygen atoms in total. The molecule has 0 saturated carbocycles. The van der Waals surface area contributed by atoms with Gasteiger partial charge in [0.15, 0.2) is 0 Å². The van der Waals surface area contributed by atoms with Gasteiger partial charge in [0.05, 0.1) is 0 Å². The Balaban J connectivity index is 2.45. The summed E-state index contributed by atoms with van der Waals surface area (Å²) >= 11 is 1.94. The lowest BCUT2D eigenvalue weighted by Crippen LogP contribution is -2.26. The Morgan fingerprint density at radius 2 is 1.65 bits per heavy atom. The van der Waals surface area contributed by atoms with E-state index in [0.29, 0.717) is 11.2 Å². The summed E-state index contributed by atoms with van der Waals surface area (Å²) in [7, 11) is 0. The molecule has 0 amide bonds. The monoisotopic (exact) mass is 251 g/mol. The zero-order valence-corrected chi connectivity index (χ0v) is 12.3. The predicted octanol–water partition coefficient (Wildman–Crippen LogP) is 3.82. The maximum Gasteiger partial charge on any atom is 0.0171 e. The lowest BCUT2D eigenvalue weighted by Gasteiger charge is -2.13. The van der Waals surface area contributed by atoms with Crippen molar-refractivity contribution in [3.8, 4) is 0 Å². The average Bonchev–Trinajstić information content (AvgIpc) is 2.27. The van der Waals surface area contributed by atoms with Gasteiger partial charge in [-0.25, -0.2) is 0 Å². The van der Waals surface area contributed by atoms with Crippen LogP contribution in [-0.2, 0) is 6.42 Å². The van der Waals surface area contributed by atoms with E-state index in [-0.39, 0.29) is 6.04 Å². The molecule has 1 unspecified atom stereocenters. The molecule has 0 fully saturated rings. The summed E-state index contributed by atoms with van der Waals surface area (Å²) in [6.45, 7) is 8.88. The van der Waals surface area contributed by atoms with E-state index in [0.717, 1.165) is 12.2 Å². The predicted molar refractivity (Wildman–Crippen MR) is 79.8 cm³/mol. The highest BCUT2D eigenvalue weighted by atomic mass is 32.2. The number of hydrogen-bond donors (Lipinski definition) is 1. The Morgan fingerprint density at radius 3 is 2.12 bits per heavy atom. The van der Waals surface area contributed by atoms with Crippen molar-refractivity contribution in [2.75, 3.05) is 5.75 Å². The topological polar surface area (TPSA) is 26.0 Å². The molecule has 0 bridgehead atoms. The molecule has 1 atom stereocenters. The summed E-state index contributed by atoms with van der Waals surface area (Å²) in [4.78, 5) is 0. The number of thioether (sulfide) groups is 1. The minimum Gasteiger partial charge on any atom is -0.327 e. The van der Waals surface area contributed by atoms with Crippen molar-refractivity contribution in [1.29, 1.82) is 0 Å². The summed E-state index contributed by atoms with van der Waals surface area (Å²) in [5.74, 6) is 1.65. The van der Waals surface area contributed by atoms with E-state index >= 15 is 0 Å². The molecule has 0 aromatic heterocycles. The van der Waals surface area contributed by atoms with Crippen molar-refractivity contribution >= 4 is 11.8 Å². The van der Waals surface area contributed by atoms with Gasteiger partial charge >= 0.3 is 0 Å². The third-order valence-corrected chi connectivity index (χ3v) is 4.08. The number of benzene rings is 1. The molecular weight excluding hydrogens is 226 g/mol. The molecule has 0 heterocycles. The van der Waals surface area contributed by atoms with Crippen molar-refractivity contribution in [2.24, 2.45) is 5.73 Å². The van der Waals surface area contributed by atoms with Gasteiger partial charge in [0.1, 0.15) is 0 Å². The fraction of sp³-hybridized carbons (Fsp3) is 0.600. The molecular formula is C15H25NS. The van der Waals surface area contributed by atoms with Crippen molar-refractivity contribution in [1.82, 2.24) is 0 Å². The van der Waals surface area contributed by atoms with Gasteiger partial charge in [0, 0.05) is 11.8 Å². The molecule has 0 saturated heterocycles. The largest absolute Gasteiger partial charge is 0.327 e. The Bertz CT molecular complexity index is 316. The summed E-state index contributed by atoms with van der Waals surface area (Å²) in [6, 6.07) is 9.15. The SMILES string of the molecule is CC(C)SCC(N)Cc1ccc(C(C)C)cc1. The van der Waals surface area contributed by atoms with E-state index < -0.39 is 0 Å². The Kier molecular flexibility index (Phi) is 6.07. The molecule has 0 aliphatic heterocycles. The first-order chi connectivity index (χ1) is 7.99. The fourth-order valence-electron chi connectivity index (χ4n) is 1.72. The molecule has 1 aromatic rings. The van der Waals surface area contributed by atoms with Crippen LogP contribution in [0.25, 0.3) is 0 Å². The maximum absolute atomic E-state index is 6.13. The summed E-state index contributed by atoms with van der Waals surface area (Å²) in [5, 5.41) is 0.671. The average molecular weight is 251 g/mol. The first-order valence-electron chi connectivity index (χ1n) is 6.45. The molecule has 1 aromatic carbocycles. The van der Waals surface area contributed by atoms with Crippen LogP contribution in [0.3, 0.4) is 0 Å². The third-order valence-electron chi connectivity index (χ3n) is 2.79. The van der Waals surface area contributed by atoms with E-state index in [1.54, 1.807) is 0 Å². The van der Waals surface area contributed by atoms with E-state index in [2.05, 4.69) is 52.0 Å². The number of nitrogens with two attached hydrogens (primary N) is 1. The molecule has 2 heteroatoms. The molecule has 1 rings (SSSR count). The van der Waals surface area contributed by atoms with Gasteiger partial charge in [-0.05, 0) is 28.7 Å². The molecule has 17 heavy (non-hydrogen) atoms. The second-order valence-corrected chi connectivity index (χ2v) is 6.85. The zero-order chi connectivity index (χ0) is 12.8. The minimum atomic E-state index is 0.271. The lowest BCUT2D eigenvalue weighted by atomic mass is 10.00. The van der Waals surface area contributed by atoms with Crippen LogP contribution in [0.1, 0.15) is 44.7 Å². The standard InChI is InChI=1S/C15H25NS/c1-11(2)14-7-5-13(6-8-14)9-15(16)10-17-12(3)4/h5-8,11-12,15H,9-10,16H2,1-4H3. The van der Waals surface area contributed by atoms with Gasteiger partial charge in [0.2, 0.25) is 0 Å². The smallest absolute Gasteiger partial charge is 0.0171 e. The van der Waals surface area contributed by atoms with E-state index in [1.807, 2.05) is 11.8 Å². The molecule has 0 spiro atoms. The highest BCUT2D eigenvalue weighted by molar-refractivity contribution is 7.99. The minimum absolute atomic E-state index is 0.271. The van der Waals surface area contributed by atoms with Gasteiger partial charge in [-0.15, -0.1) is 0 Å². The Hall–Kier alpha value is -0.470. The van der Waals surface area contributed by atoms with Crippen LogP contribution in [-0.4, -0.2) is 17.0 Å². The van der Waals surface area contributed by atoms with Crippen LogP contribution in [0.15, 0.2) is 24.3 Å². The molecule has 0 aliphatic carbocycles. The maximum atomic E-state index is 6.13. The van der Waals surface area contributed by atoms with Crippen LogP contribution >= 0.6 is 11.8 Å². The van der Waals surface area contributed by atoms with Crippen molar-refractivity contribution in [2.45, 2.75) is 51.3 Å². The second kappa shape index (κ2) is 7.07. The second-order valence-electron chi connectivity index (χ2n) is 5.24. The van der Waals surface area contributed by atoms with Crippen LogP contribution in [0.2, 0.25) is 0 Å². The quantitative estimate of drug-likeness (QED) is 0.831. The highest BCUT2D eigenvalue weighted by Crippen LogP contribution is 2.16. The normalized spacial score (nSPS) is 13.4. The Labute approximate surface area is 110 Å². The van der Waals surface area contributed by atoms with Crippen LogP contribution in [0, 0.1) is 0 Å².